The molecule has 8 heteroatoms. The number of fused-ring (bicyclic) bond motifs is 1. The molecule has 0 spiro atoms. The number of para-hydroxylation sites is 1. The number of rotatable bonds is 3. The van der Waals surface area contributed by atoms with Gasteiger partial charge >= 0.3 is 0 Å². The highest BCUT2D eigenvalue weighted by Gasteiger charge is 2.56. The second-order valence-electron chi connectivity index (χ2n) is 5.86. The van der Waals surface area contributed by atoms with E-state index in [0.29, 0.717) is 11.3 Å². The summed E-state index contributed by atoms with van der Waals surface area (Å²) in [5.41, 5.74) is 1.11. The van der Waals surface area contributed by atoms with E-state index in [4.69, 9.17) is 4.84 Å². The fourth-order valence-corrected chi connectivity index (χ4v) is 3.29. The maximum Gasteiger partial charge on any atom is 0.269 e. The maximum absolute atomic E-state index is 12.3. The van der Waals surface area contributed by atoms with E-state index in [0.717, 1.165) is 0 Å². The molecular weight excluding hydrogens is 326 g/mol. The number of nitrogens with one attached hydrogen (secondary N) is 1. The number of imide groups is 1. The second-order valence-corrected chi connectivity index (χ2v) is 5.86. The molecule has 2 aliphatic heterocycles. The Kier molecular flexibility index (Phi) is 3.47. The molecule has 2 saturated heterocycles. The first-order valence-electron chi connectivity index (χ1n) is 7.66. The molecule has 0 bridgehead atoms. The molecule has 2 aliphatic rings. The lowest BCUT2D eigenvalue weighted by Gasteiger charge is -2.27. The van der Waals surface area contributed by atoms with Crippen LogP contribution in [0, 0.1) is 16.0 Å². The summed E-state index contributed by atoms with van der Waals surface area (Å²) in [4.78, 5) is 40.6. The minimum atomic E-state index is -0.947. The Morgan fingerprint density at radius 3 is 2.52 bits per heavy atom. The monoisotopic (exact) mass is 339 g/mol. The predicted octanol–water partition coefficient (Wildman–Crippen LogP) is 1.73. The maximum atomic E-state index is 12.3. The summed E-state index contributed by atoms with van der Waals surface area (Å²) >= 11 is 0. The molecule has 2 fully saturated rings. The van der Waals surface area contributed by atoms with Crippen LogP contribution in [-0.4, -0.2) is 22.8 Å². The van der Waals surface area contributed by atoms with Gasteiger partial charge in [-0.2, -0.15) is 0 Å². The van der Waals surface area contributed by atoms with Crippen molar-refractivity contribution >= 4 is 23.2 Å². The van der Waals surface area contributed by atoms with E-state index in [1.165, 1.54) is 17.2 Å². The van der Waals surface area contributed by atoms with Crippen LogP contribution in [0.4, 0.5) is 11.4 Å². The Bertz CT molecular complexity index is 870. The van der Waals surface area contributed by atoms with E-state index in [-0.39, 0.29) is 5.69 Å². The van der Waals surface area contributed by atoms with Gasteiger partial charge in [0.2, 0.25) is 5.91 Å². The number of nitrogens with zero attached hydrogens (tertiary/aromatic N) is 2. The minimum absolute atomic E-state index is 0.0845. The number of amides is 2. The molecule has 2 amide bonds. The van der Waals surface area contributed by atoms with Crippen molar-refractivity contribution in [3.8, 4) is 0 Å². The van der Waals surface area contributed by atoms with Crippen LogP contribution in [0.3, 0.4) is 0 Å². The molecule has 2 aromatic carbocycles. The quantitative estimate of drug-likeness (QED) is 0.519. The largest absolute Gasteiger partial charge is 0.294 e. The molecule has 0 aliphatic carbocycles. The first-order valence-corrected chi connectivity index (χ1v) is 7.66. The fraction of sp³-hybridized carbons (Fsp3) is 0.176. The number of hydrogen-bond acceptors (Lipinski definition) is 6. The Morgan fingerprint density at radius 2 is 1.80 bits per heavy atom. The number of non-ortho nitro benzene ring substituents is 1. The average molecular weight is 339 g/mol. The minimum Gasteiger partial charge on any atom is -0.294 e. The van der Waals surface area contributed by atoms with Crippen molar-refractivity contribution in [3.63, 3.8) is 0 Å². The van der Waals surface area contributed by atoms with Crippen LogP contribution < -0.4 is 10.4 Å². The highest BCUT2D eigenvalue weighted by Crippen LogP contribution is 2.44. The highest BCUT2D eigenvalue weighted by atomic mass is 16.7. The number of carbonyl (C=O) groups excluding carboxylic acids is 2. The van der Waals surface area contributed by atoms with Gasteiger partial charge < -0.3 is 0 Å². The van der Waals surface area contributed by atoms with Crippen LogP contribution in [0.15, 0.2) is 54.6 Å². The number of hydrogen-bond donors (Lipinski definition) is 1. The number of carbonyl (C=O) groups is 2. The van der Waals surface area contributed by atoms with Gasteiger partial charge in [0, 0.05) is 12.1 Å². The van der Waals surface area contributed by atoms with Gasteiger partial charge in [-0.25, -0.2) is 5.06 Å². The predicted molar refractivity (Wildman–Crippen MR) is 86.3 cm³/mol. The third-order valence-electron chi connectivity index (χ3n) is 4.39. The zero-order valence-corrected chi connectivity index (χ0v) is 12.9. The van der Waals surface area contributed by atoms with Gasteiger partial charge in [-0.1, -0.05) is 30.3 Å². The molecule has 8 nitrogen and oxygen atoms in total. The molecule has 0 saturated carbocycles. The topological polar surface area (TPSA) is 102 Å². The Balaban J connectivity index is 1.82. The Hall–Kier alpha value is -3.26. The first kappa shape index (κ1) is 15.3. The molecule has 2 heterocycles. The number of nitro groups is 1. The van der Waals surface area contributed by atoms with Crippen molar-refractivity contribution in [2.45, 2.75) is 12.1 Å². The SMILES string of the molecule is O=C1NC(=O)C2C1ON(c1ccccc1)C2c1cccc([N+](=O)[O-])c1. The van der Waals surface area contributed by atoms with Gasteiger partial charge in [0.05, 0.1) is 16.7 Å². The first-order chi connectivity index (χ1) is 12.1. The van der Waals surface area contributed by atoms with Crippen LogP contribution in [0.5, 0.6) is 0 Å². The van der Waals surface area contributed by atoms with Crippen LogP contribution in [0.1, 0.15) is 11.6 Å². The molecule has 2 aromatic rings. The summed E-state index contributed by atoms with van der Waals surface area (Å²) in [7, 11) is 0. The average Bonchev–Trinajstić information content (AvgIpc) is 3.14. The zero-order chi connectivity index (χ0) is 17.6. The van der Waals surface area contributed by atoms with E-state index in [1.807, 2.05) is 6.07 Å². The van der Waals surface area contributed by atoms with Crippen LogP contribution >= 0.6 is 0 Å². The third-order valence-corrected chi connectivity index (χ3v) is 4.39. The van der Waals surface area contributed by atoms with E-state index in [2.05, 4.69) is 5.32 Å². The summed E-state index contributed by atoms with van der Waals surface area (Å²) < 4.78 is 0. The van der Waals surface area contributed by atoms with Crippen LogP contribution in [0.2, 0.25) is 0 Å². The van der Waals surface area contributed by atoms with Gasteiger partial charge in [0.25, 0.3) is 11.6 Å². The lowest BCUT2D eigenvalue weighted by atomic mass is 9.90. The van der Waals surface area contributed by atoms with Crippen molar-refractivity contribution in [3.05, 3.63) is 70.3 Å². The molecule has 3 atom stereocenters. The van der Waals surface area contributed by atoms with Crippen molar-refractivity contribution in [1.29, 1.82) is 0 Å². The molecule has 3 unspecified atom stereocenters. The van der Waals surface area contributed by atoms with Gasteiger partial charge in [-0.3, -0.25) is 29.9 Å². The van der Waals surface area contributed by atoms with Crippen molar-refractivity contribution in [2.24, 2.45) is 5.92 Å². The third kappa shape index (κ3) is 2.43. The summed E-state index contributed by atoms with van der Waals surface area (Å²) in [6.45, 7) is 0. The van der Waals surface area contributed by atoms with Crippen LogP contribution in [-0.2, 0) is 14.4 Å². The summed E-state index contributed by atoms with van der Waals surface area (Å²) in [6, 6.07) is 14.4. The molecule has 25 heavy (non-hydrogen) atoms. The molecule has 0 aromatic heterocycles. The van der Waals surface area contributed by atoms with E-state index < -0.39 is 34.8 Å². The number of anilines is 1. The molecular formula is C17H13N3O5. The Labute approximate surface area is 142 Å². The lowest BCUT2D eigenvalue weighted by Crippen LogP contribution is -2.33. The summed E-state index contributed by atoms with van der Waals surface area (Å²) in [6.07, 6.45) is -0.947. The van der Waals surface area contributed by atoms with E-state index >= 15 is 0 Å². The molecule has 4 rings (SSSR count). The fourth-order valence-electron chi connectivity index (χ4n) is 3.29. The summed E-state index contributed by atoms with van der Waals surface area (Å²) in [5.74, 6) is -1.71. The number of nitro benzene ring substituents is 1. The molecule has 126 valence electrons. The molecule has 0 radical (unpaired) electrons. The Morgan fingerprint density at radius 1 is 1.04 bits per heavy atom. The van der Waals surface area contributed by atoms with Crippen molar-refractivity contribution < 1.29 is 19.3 Å². The normalized spacial score (nSPS) is 25.0. The standard InChI is InChI=1S/C17H13N3O5/c21-16-13-14(10-5-4-8-12(9-10)20(23)24)19(11-6-2-1-3-7-11)25-15(13)17(22)18-16/h1-9,13-15H,(H,18,21,22). The summed E-state index contributed by atoms with van der Waals surface area (Å²) in [5, 5.41) is 14.8. The van der Waals surface area contributed by atoms with Gasteiger partial charge in [0.1, 0.15) is 5.92 Å². The van der Waals surface area contributed by atoms with E-state index in [9.17, 15) is 19.7 Å². The van der Waals surface area contributed by atoms with Crippen molar-refractivity contribution in [2.75, 3.05) is 5.06 Å². The van der Waals surface area contributed by atoms with Gasteiger partial charge in [-0.15, -0.1) is 0 Å². The van der Waals surface area contributed by atoms with Gasteiger partial charge in [0.15, 0.2) is 6.10 Å². The zero-order valence-electron chi connectivity index (χ0n) is 12.9. The molecule has 1 N–H and O–H groups in total. The van der Waals surface area contributed by atoms with Gasteiger partial charge in [-0.05, 0) is 17.7 Å². The number of benzene rings is 2. The number of hydroxylamine groups is 1. The lowest BCUT2D eigenvalue weighted by molar-refractivity contribution is -0.384. The highest BCUT2D eigenvalue weighted by molar-refractivity contribution is 6.07. The van der Waals surface area contributed by atoms with E-state index in [1.54, 1.807) is 36.4 Å². The van der Waals surface area contributed by atoms with Crippen molar-refractivity contribution in [1.82, 2.24) is 5.32 Å². The van der Waals surface area contributed by atoms with Crippen LogP contribution in [0.25, 0.3) is 0 Å². The smallest absolute Gasteiger partial charge is 0.269 e. The second kappa shape index (κ2) is 5.67.